The third-order valence-corrected chi connectivity index (χ3v) is 6.64. The normalized spacial score (nSPS) is 19.2. The minimum absolute atomic E-state index is 0.0123. The number of benzene rings is 1. The van der Waals surface area contributed by atoms with E-state index >= 15 is 0 Å². The third kappa shape index (κ3) is 5.56. The van der Waals surface area contributed by atoms with E-state index in [4.69, 9.17) is 27.4 Å². The Morgan fingerprint density at radius 1 is 1.06 bits per heavy atom. The molecule has 0 radical (unpaired) electrons. The first kappa shape index (κ1) is 22.0. The lowest BCUT2D eigenvalue weighted by atomic mass is 10.00. The van der Waals surface area contributed by atoms with Gasteiger partial charge in [0.05, 0.1) is 10.7 Å². The van der Waals surface area contributed by atoms with Gasteiger partial charge in [-0.3, -0.25) is 0 Å². The molecule has 0 amide bonds. The number of nitrogens with one attached hydrogen (secondary N) is 1. The van der Waals surface area contributed by atoms with Crippen molar-refractivity contribution in [3.8, 4) is 5.75 Å². The number of hydrazine groups is 1. The van der Waals surface area contributed by atoms with Gasteiger partial charge in [-0.2, -0.15) is 15.0 Å². The van der Waals surface area contributed by atoms with Gasteiger partial charge in [-0.05, 0) is 64.0 Å². The molecule has 0 atom stereocenters. The van der Waals surface area contributed by atoms with Crippen LogP contribution in [0.25, 0.3) is 0 Å². The summed E-state index contributed by atoms with van der Waals surface area (Å²) in [5.74, 6) is 8.49. The highest BCUT2D eigenvalue weighted by Crippen LogP contribution is 2.33. The summed E-state index contributed by atoms with van der Waals surface area (Å²) in [5, 5.41) is 14.9. The van der Waals surface area contributed by atoms with Crippen molar-refractivity contribution in [1.82, 2.24) is 19.9 Å². The van der Waals surface area contributed by atoms with E-state index in [-0.39, 0.29) is 10.8 Å². The fourth-order valence-electron chi connectivity index (χ4n) is 4.37. The average molecular weight is 446 g/mol. The summed E-state index contributed by atoms with van der Waals surface area (Å²) in [4.78, 5) is 16.6. The van der Waals surface area contributed by atoms with Crippen molar-refractivity contribution < 1.29 is 5.11 Å². The number of aromatic hydroxyl groups is 1. The minimum Gasteiger partial charge on any atom is -0.506 e. The number of phenols is 1. The molecule has 1 aliphatic carbocycles. The van der Waals surface area contributed by atoms with E-state index in [0.717, 1.165) is 44.6 Å². The number of likely N-dealkylation sites (tertiary alicyclic amines) is 1. The van der Waals surface area contributed by atoms with Crippen LogP contribution in [0.1, 0.15) is 63.1 Å². The number of anilines is 3. The highest BCUT2D eigenvalue weighted by atomic mass is 35.5. The van der Waals surface area contributed by atoms with Gasteiger partial charge in [0.25, 0.3) is 0 Å². The Balaban J connectivity index is 1.63. The fourth-order valence-corrected chi connectivity index (χ4v) is 4.54. The summed E-state index contributed by atoms with van der Waals surface area (Å²) in [7, 11) is 2.15. The lowest BCUT2D eigenvalue weighted by Crippen LogP contribution is -2.37. The summed E-state index contributed by atoms with van der Waals surface area (Å²) < 4.78 is 0. The molecule has 2 aliphatic rings. The second kappa shape index (κ2) is 9.97. The van der Waals surface area contributed by atoms with Gasteiger partial charge in [-0.1, -0.05) is 37.3 Å². The van der Waals surface area contributed by atoms with Gasteiger partial charge in [-0.25, -0.2) is 10.9 Å². The Labute approximate surface area is 188 Å². The van der Waals surface area contributed by atoms with Crippen LogP contribution in [-0.2, 0) is 0 Å². The van der Waals surface area contributed by atoms with Gasteiger partial charge in [0, 0.05) is 12.0 Å². The quantitative estimate of drug-likeness (QED) is 0.357. The number of hydrogen-bond donors (Lipinski definition) is 3. The fraction of sp³-hybridized carbons (Fsp3) is 0.591. The molecule has 9 heteroatoms. The second-order valence-corrected chi connectivity index (χ2v) is 9.14. The van der Waals surface area contributed by atoms with Crippen molar-refractivity contribution in [3.05, 3.63) is 29.0 Å². The number of rotatable bonds is 5. The van der Waals surface area contributed by atoms with Crippen molar-refractivity contribution >= 4 is 29.2 Å². The predicted molar refractivity (Wildman–Crippen MR) is 124 cm³/mol. The molecule has 0 unspecified atom stereocenters. The summed E-state index contributed by atoms with van der Waals surface area (Å²) in [6, 6.07) is 5.15. The first-order chi connectivity index (χ1) is 15.0. The van der Waals surface area contributed by atoms with Crippen molar-refractivity contribution in [2.45, 2.75) is 63.3 Å². The van der Waals surface area contributed by atoms with Crippen LogP contribution in [-0.4, -0.2) is 51.1 Å². The van der Waals surface area contributed by atoms with Crippen LogP contribution in [0.2, 0.25) is 5.02 Å². The second-order valence-electron chi connectivity index (χ2n) is 8.73. The number of nitrogens with two attached hydrogens (primary N) is 1. The van der Waals surface area contributed by atoms with Crippen LogP contribution >= 0.6 is 11.6 Å². The van der Waals surface area contributed by atoms with Crippen LogP contribution in [0, 0.1) is 0 Å². The zero-order valence-electron chi connectivity index (χ0n) is 18.1. The molecule has 1 saturated heterocycles. The highest BCUT2D eigenvalue weighted by molar-refractivity contribution is 6.32. The monoisotopic (exact) mass is 445 g/mol. The summed E-state index contributed by atoms with van der Waals surface area (Å²) in [5.41, 5.74) is 0.603. The summed E-state index contributed by atoms with van der Waals surface area (Å²) in [6.07, 6.45) is 9.22. The van der Waals surface area contributed by atoms with Gasteiger partial charge >= 0.3 is 0 Å². The van der Waals surface area contributed by atoms with Crippen LogP contribution < -0.4 is 16.2 Å². The van der Waals surface area contributed by atoms with E-state index in [2.05, 4.69) is 22.2 Å². The molecule has 0 spiro atoms. The summed E-state index contributed by atoms with van der Waals surface area (Å²) >= 11 is 6.09. The molecule has 168 valence electrons. The van der Waals surface area contributed by atoms with E-state index in [0.29, 0.717) is 29.5 Å². The number of piperidine rings is 1. The standard InChI is InChI=1S/C22H32ClN7O/c1-29-12-10-16(11-13-29)25-21-26-20(15-6-4-2-3-5-7-15)27-22(28-21)30(24)17-8-9-19(31)18(23)14-17/h8-9,14-16,31H,2-7,10-13,24H2,1H3,(H,25,26,27,28). The Hall–Kier alpha value is -2.16. The van der Waals surface area contributed by atoms with Crippen LogP contribution in [0.3, 0.4) is 0 Å². The molecule has 1 aromatic heterocycles. The van der Waals surface area contributed by atoms with Gasteiger partial charge in [-0.15, -0.1) is 0 Å². The van der Waals surface area contributed by atoms with Crippen LogP contribution in [0.15, 0.2) is 18.2 Å². The molecular formula is C22H32ClN7O. The smallest absolute Gasteiger partial charge is 0.249 e. The van der Waals surface area contributed by atoms with Crippen LogP contribution in [0.5, 0.6) is 5.75 Å². The van der Waals surface area contributed by atoms with E-state index in [1.54, 1.807) is 12.1 Å². The Morgan fingerprint density at radius 2 is 1.77 bits per heavy atom. The van der Waals surface area contributed by atoms with Crippen LogP contribution in [0.4, 0.5) is 17.6 Å². The molecule has 4 rings (SSSR count). The topological polar surface area (TPSA) is 103 Å². The van der Waals surface area contributed by atoms with Gasteiger partial charge < -0.3 is 15.3 Å². The molecule has 2 fully saturated rings. The lowest BCUT2D eigenvalue weighted by Gasteiger charge is -2.30. The van der Waals surface area contributed by atoms with E-state index in [1.165, 1.54) is 36.8 Å². The number of halogens is 1. The Morgan fingerprint density at radius 3 is 2.45 bits per heavy atom. The SMILES string of the molecule is CN1CCC(Nc2nc(C3CCCCCC3)nc(N(N)c3ccc(O)c(Cl)c3)n2)CC1. The lowest BCUT2D eigenvalue weighted by molar-refractivity contribution is 0.263. The summed E-state index contributed by atoms with van der Waals surface area (Å²) in [6.45, 7) is 2.11. The van der Waals surface area contributed by atoms with Crippen molar-refractivity contribution in [2.75, 3.05) is 30.5 Å². The molecule has 1 aliphatic heterocycles. The molecular weight excluding hydrogens is 414 g/mol. The van der Waals surface area contributed by atoms with E-state index in [9.17, 15) is 5.11 Å². The molecule has 2 aromatic rings. The largest absolute Gasteiger partial charge is 0.506 e. The maximum Gasteiger partial charge on any atom is 0.249 e. The predicted octanol–water partition coefficient (Wildman–Crippen LogP) is 4.19. The van der Waals surface area contributed by atoms with E-state index in [1.807, 2.05) is 0 Å². The third-order valence-electron chi connectivity index (χ3n) is 6.34. The first-order valence-corrected chi connectivity index (χ1v) is 11.6. The maximum atomic E-state index is 9.74. The van der Waals surface area contributed by atoms with E-state index < -0.39 is 0 Å². The highest BCUT2D eigenvalue weighted by Gasteiger charge is 2.23. The molecule has 2 heterocycles. The molecule has 4 N–H and O–H groups in total. The maximum absolute atomic E-state index is 9.74. The van der Waals surface area contributed by atoms with Gasteiger partial charge in [0.15, 0.2) is 0 Å². The number of hydrogen-bond acceptors (Lipinski definition) is 8. The zero-order valence-corrected chi connectivity index (χ0v) is 18.9. The van der Waals surface area contributed by atoms with Crippen molar-refractivity contribution in [2.24, 2.45) is 5.84 Å². The minimum atomic E-state index is 0.0123. The van der Waals surface area contributed by atoms with Gasteiger partial charge in [0.1, 0.15) is 11.6 Å². The average Bonchev–Trinajstić information content (AvgIpc) is 3.06. The number of phenolic OH excluding ortho intramolecular Hbond substituents is 1. The molecule has 8 nitrogen and oxygen atoms in total. The number of nitrogens with zero attached hydrogens (tertiary/aromatic N) is 5. The number of aromatic nitrogens is 3. The first-order valence-electron chi connectivity index (χ1n) is 11.2. The zero-order chi connectivity index (χ0) is 21.8. The molecule has 1 saturated carbocycles. The molecule has 1 aromatic carbocycles. The van der Waals surface area contributed by atoms with Crippen molar-refractivity contribution in [1.29, 1.82) is 0 Å². The Bertz CT molecular complexity index is 880. The van der Waals surface area contributed by atoms with Crippen molar-refractivity contribution in [3.63, 3.8) is 0 Å². The molecule has 31 heavy (non-hydrogen) atoms. The van der Waals surface area contributed by atoms with Gasteiger partial charge in [0.2, 0.25) is 11.9 Å². The molecule has 0 bridgehead atoms. The Kier molecular flexibility index (Phi) is 7.09.